The maximum absolute atomic E-state index is 12.0. The van der Waals surface area contributed by atoms with Crippen LogP contribution in [0.15, 0.2) is 47.5 Å². The van der Waals surface area contributed by atoms with Gasteiger partial charge in [0.05, 0.1) is 16.0 Å². The SMILES string of the molecule is O=c1[nH]c2ccccc2n1-c1ccncc1[N+](=O)[O-]. The Balaban J connectivity index is 2.40. The molecule has 0 radical (unpaired) electrons. The first-order chi connectivity index (χ1) is 9.18. The lowest BCUT2D eigenvalue weighted by Crippen LogP contribution is -2.16. The van der Waals surface area contributed by atoms with Crippen molar-refractivity contribution in [1.29, 1.82) is 0 Å². The third kappa shape index (κ3) is 1.68. The first-order valence-corrected chi connectivity index (χ1v) is 5.47. The van der Waals surface area contributed by atoms with Crippen molar-refractivity contribution in [2.45, 2.75) is 0 Å². The van der Waals surface area contributed by atoms with Gasteiger partial charge < -0.3 is 4.98 Å². The highest BCUT2D eigenvalue weighted by Gasteiger charge is 2.18. The summed E-state index contributed by atoms with van der Waals surface area (Å²) < 4.78 is 1.27. The predicted molar refractivity (Wildman–Crippen MR) is 68.3 cm³/mol. The molecule has 0 saturated carbocycles. The molecule has 0 amide bonds. The summed E-state index contributed by atoms with van der Waals surface area (Å²) in [6.45, 7) is 0. The van der Waals surface area contributed by atoms with Gasteiger partial charge in [0.15, 0.2) is 0 Å². The molecule has 2 heterocycles. The van der Waals surface area contributed by atoms with Crippen LogP contribution in [0.4, 0.5) is 5.69 Å². The number of aromatic amines is 1. The molecule has 0 fully saturated rings. The van der Waals surface area contributed by atoms with E-state index in [4.69, 9.17) is 0 Å². The van der Waals surface area contributed by atoms with Crippen molar-refractivity contribution in [3.05, 3.63) is 63.3 Å². The van der Waals surface area contributed by atoms with Crippen LogP contribution < -0.4 is 5.69 Å². The van der Waals surface area contributed by atoms with Gasteiger partial charge in [0.2, 0.25) is 0 Å². The van der Waals surface area contributed by atoms with Gasteiger partial charge >= 0.3 is 11.4 Å². The van der Waals surface area contributed by atoms with E-state index in [0.717, 1.165) is 6.20 Å². The number of hydrogen-bond acceptors (Lipinski definition) is 4. The zero-order valence-corrected chi connectivity index (χ0v) is 9.61. The molecule has 1 aromatic carbocycles. The second-order valence-corrected chi connectivity index (χ2v) is 3.90. The van der Waals surface area contributed by atoms with Gasteiger partial charge in [0.25, 0.3) is 0 Å². The summed E-state index contributed by atoms with van der Waals surface area (Å²) in [5, 5.41) is 11.0. The third-order valence-electron chi connectivity index (χ3n) is 2.80. The predicted octanol–water partition coefficient (Wildman–Crippen LogP) is 1.62. The number of nitrogens with one attached hydrogen (secondary N) is 1. The molecule has 19 heavy (non-hydrogen) atoms. The minimum atomic E-state index is -0.559. The summed E-state index contributed by atoms with van der Waals surface area (Å²) in [5.74, 6) is 0. The number of pyridine rings is 1. The van der Waals surface area contributed by atoms with Gasteiger partial charge in [-0.25, -0.2) is 4.79 Å². The fraction of sp³-hybridized carbons (Fsp3) is 0. The summed E-state index contributed by atoms with van der Waals surface area (Å²) in [4.78, 5) is 28.8. The van der Waals surface area contributed by atoms with Gasteiger partial charge in [-0.05, 0) is 18.2 Å². The van der Waals surface area contributed by atoms with Crippen molar-refractivity contribution in [3.63, 3.8) is 0 Å². The lowest BCUT2D eigenvalue weighted by Gasteiger charge is -2.03. The molecule has 0 atom stereocenters. The summed E-state index contributed by atoms with van der Waals surface area (Å²) in [6.07, 6.45) is 2.54. The minimum Gasteiger partial charge on any atom is -0.305 e. The lowest BCUT2D eigenvalue weighted by molar-refractivity contribution is -0.384. The first-order valence-electron chi connectivity index (χ1n) is 5.47. The van der Waals surface area contributed by atoms with Crippen molar-refractivity contribution in [2.24, 2.45) is 0 Å². The van der Waals surface area contributed by atoms with E-state index in [9.17, 15) is 14.9 Å². The van der Waals surface area contributed by atoms with Gasteiger partial charge in [-0.1, -0.05) is 12.1 Å². The molecule has 94 valence electrons. The topological polar surface area (TPSA) is 93.8 Å². The lowest BCUT2D eigenvalue weighted by atomic mass is 10.3. The Kier molecular flexibility index (Phi) is 2.38. The fourth-order valence-electron chi connectivity index (χ4n) is 2.00. The molecule has 2 aromatic heterocycles. The molecule has 7 nitrogen and oxygen atoms in total. The number of nitro groups is 1. The Morgan fingerprint density at radius 2 is 2.05 bits per heavy atom. The number of hydrogen-bond donors (Lipinski definition) is 1. The average molecular weight is 256 g/mol. The van der Waals surface area contributed by atoms with Crippen LogP contribution in [0.3, 0.4) is 0 Å². The molecule has 7 heteroatoms. The van der Waals surface area contributed by atoms with E-state index >= 15 is 0 Å². The summed E-state index contributed by atoms with van der Waals surface area (Å²) in [7, 11) is 0. The molecule has 0 bridgehead atoms. The molecular weight excluding hydrogens is 248 g/mol. The number of fused-ring (bicyclic) bond motifs is 1. The van der Waals surface area contributed by atoms with Crippen molar-refractivity contribution >= 4 is 16.7 Å². The van der Waals surface area contributed by atoms with Crippen LogP contribution in [0.25, 0.3) is 16.7 Å². The van der Waals surface area contributed by atoms with Crippen molar-refractivity contribution in [3.8, 4) is 5.69 Å². The van der Waals surface area contributed by atoms with Crippen LogP contribution in [-0.2, 0) is 0 Å². The first kappa shape index (κ1) is 11.1. The molecular formula is C12H8N4O3. The van der Waals surface area contributed by atoms with Crippen molar-refractivity contribution in [1.82, 2.24) is 14.5 Å². The number of nitrogens with zero attached hydrogens (tertiary/aromatic N) is 3. The normalized spacial score (nSPS) is 10.7. The summed E-state index contributed by atoms with van der Waals surface area (Å²) >= 11 is 0. The number of para-hydroxylation sites is 2. The molecule has 0 spiro atoms. The van der Waals surface area contributed by atoms with Crippen LogP contribution in [0.1, 0.15) is 0 Å². The van der Waals surface area contributed by atoms with E-state index in [1.165, 1.54) is 16.8 Å². The van der Waals surface area contributed by atoms with E-state index < -0.39 is 10.6 Å². The van der Waals surface area contributed by atoms with Crippen molar-refractivity contribution in [2.75, 3.05) is 0 Å². The Morgan fingerprint density at radius 1 is 1.26 bits per heavy atom. The Bertz CT molecular complexity index is 834. The van der Waals surface area contributed by atoms with Gasteiger partial charge in [0, 0.05) is 6.20 Å². The van der Waals surface area contributed by atoms with Crippen LogP contribution >= 0.6 is 0 Å². The zero-order chi connectivity index (χ0) is 13.4. The van der Waals surface area contributed by atoms with Gasteiger partial charge in [-0.15, -0.1) is 0 Å². The second-order valence-electron chi connectivity index (χ2n) is 3.90. The highest BCUT2D eigenvalue weighted by Crippen LogP contribution is 2.23. The maximum Gasteiger partial charge on any atom is 0.331 e. The smallest absolute Gasteiger partial charge is 0.305 e. The zero-order valence-electron chi connectivity index (χ0n) is 9.61. The monoisotopic (exact) mass is 256 g/mol. The molecule has 0 aliphatic heterocycles. The van der Waals surface area contributed by atoms with Crippen LogP contribution in [0.2, 0.25) is 0 Å². The Morgan fingerprint density at radius 3 is 2.84 bits per heavy atom. The molecule has 1 N–H and O–H groups in total. The van der Waals surface area contributed by atoms with E-state index in [1.807, 2.05) is 0 Å². The molecule has 3 rings (SSSR count). The van der Waals surface area contributed by atoms with Gasteiger partial charge in [0.1, 0.15) is 11.9 Å². The Hall–Kier alpha value is -2.96. The number of H-pyrrole nitrogens is 1. The molecule has 0 aliphatic rings. The van der Waals surface area contributed by atoms with E-state index in [0.29, 0.717) is 11.0 Å². The summed E-state index contributed by atoms with van der Waals surface area (Å²) in [5.41, 5.74) is 0.771. The number of imidazole rings is 1. The highest BCUT2D eigenvalue weighted by atomic mass is 16.6. The second kappa shape index (κ2) is 4.05. The fourth-order valence-corrected chi connectivity index (χ4v) is 2.00. The maximum atomic E-state index is 12.0. The number of rotatable bonds is 2. The van der Waals surface area contributed by atoms with Crippen molar-refractivity contribution < 1.29 is 4.92 Å². The molecule has 0 aliphatic carbocycles. The van der Waals surface area contributed by atoms with Crippen LogP contribution in [0.5, 0.6) is 0 Å². The van der Waals surface area contributed by atoms with Crippen LogP contribution in [0, 0.1) is 10.1 Å². The standard InChI is InChI=1S/C12H8N4O3/c17-12-14-8-3-1-2-4-9(8)15(12)10-5-6-13-7-11(10)16(18)19/h1-7H,(H,14,17). The average Bonchev–Trinajstić information content (AvgIpc) is 2.74. The van der Waals surface area contributed by atoms with E-state index in [1.54, 1.807) is 24.3 Å². The Labute approximate surface area is 106 Å². The number of benzene rings is 1. The highest BCUT2D eigenvalue weighted by molar-refractivity contribution is 5.78. The van der Waals surface area contributed by atoms with Gasteiger partial charge in [-0.2, -0.15) is 0 Å². The van der Waals surface area contributed by atoms with E-state index in [2.05, 4.69) is 9.97 Å². The minimum absolute atomic E-state index is 0.197. The van der Waals surface area contributed by atoms with Gasteiger partial charge in [-0.3, -0.25) is 19.7 Å². The van der Waals surface area contributed by atoms with Crippen LogP contribution in [-0.4, -0.2) is 19.5 Å². The third-order valence-corrected chi connectivity index (χ3v) is 2.80. The quantitative estimate of drug-likeness (QED) is 0.556. The molecule has 0 unspecified atom stereocenters. The largest absolute Gasteiger partial charge is 0.331 e. The molecule has 3 aromatic rings. The summed E-state index contributed by atoms with van der Waals surface area (Å²) in [6, 6.07) is 8.44. The molecule has 0 saturated heterocycles. The van der Waals surface area contributed by atoms with E-state index in [-0.39, 0.29) is 11.4 Å². The number of aromatic nitrogens is 3.